The smallest absolute Gasteiger partial charge is 0.411 e. The Morgan fingerprint density at radius 2 is 1.96 bits per heavy atom. The summed E-state index contributed by atoms with van der Waals surface area (Å²) in [5.74, 6) is 0.178. The van der Waals surface area contributed by atoms with E-state index in [9.17, 15) is 13.6 Å². The van der Waals surface area contributed by atoms with E-state index in [2.05, 4.69) is 4.74 Å². The maximum absolute atomic E-state index is 12.7. The fourth-order valence-electron chi connectivity index (χ4n) is 3.76. The summed E-state index contributed by atoms with van der Waals surface area (Å²) in [4.78, 5) is 14.4. The third-order valence-corrected chi connectivity index (χ3v) is 4.69. The minimum atomic E-state index is -2.86. The number of rotatable bonds is 3. The van der Waals surface area contributed by atoms with Crippen LogP contribution in [0.25, 0.3) is 5.57 Å². The van der Waals surface area contributed by atoms with Crippen LogP contribution in [0.2, 0.25) is 0 Å². The molecule has 1 saturated heterocycles. The second-order valence-electron chi connectivity index (χ2n) is 7.81. The van der Waals surface area contributed by atoms with Crippen LogP contribution < -0.4 is 4.74 Å². The number of carbonyl (C=O) groups excluding carboxylic acids is 1. The molecule has 2 unspecified atom stereocenters. The van der Waals surface area contributed by atoms with Gasteiger partial charge in [-0.05, 0) is 58.1 Å². The molecule has 1 fully saturated rings. The molecule has 3 rings (SSSR count). The number of nitrogens with zero attached hydrogens (tertiary/aromatic N) is 1. The normalized spacial score (nSPS) is 22.8. The van der Waals surface area contributed by atoms with Crippen LogP contribution in [0.15, 0.2) is 30.3 Å². The molecular weight excluding hydrogens is 340 g/mol. The Morgan fingerprint density at radius 3 is 2.62 bits per heavy atom. The molecule has 2 aliphatic heterocycles. The monoisotopic (exact) mass is 365 g/mol. The van der Waals surface area contributed by atoms with E-state index >= 15 is 0 Å². The first-order valence-corrected chi connectivity index (χ1v) is 9.01. The summed E-state index contributed by atoms with van der Waals surface area (Å²) < 4.78 is 35.7. The number of alkyl halides is 2. The number of piperidine rings is 1. The molecule has 1 aromatic rings. The molecule has 6 heteroatoms. The van der Waals surface area contributed by atoms with Crippen molar-refractivity contribution >= 4 is 11.7 Å². The zero-order valence-electron chi connectivity index (χ0n) is 15.4. The summed E-state index contributed by atoms with van der Waals surface area (Å²) >= 11 is 0. The quantitative estimate of drug-likeness (QED) is 0.736. The Balaban J connectivity index is 1.88. The molecule has 2 atom stereocenters. The molecule has 1 aromatic carbocycles. The van der Waals surface area contributed by atoms with E-state index in [0.29, 0.717) is 12.0 Å². The fourth-order valence-corrected chi connectivity index (χ4v) is 3.76. The van der Waals surface area contributed by atoms with Gasteiger partial charge >= 0.3 is 12.7 Å². The Labute approximate surface area is 152 Å². The fraction of sp³-hybridized carbons (Fsp3) is 0.550. The molecule has 0 spiro atoms. The maximum atomic E-state index is 12.7. The highest BCUT2D eigenvalue weighted by Gasteiger charge is 2.39. The number of amides is 1. The lowest BCUT2D eigenvalue weighted by atomic mass is 9.83. The number of halogens is 2. The first kappa shape index (κ1) is 18.7. The molecule has 2 aliphatic rings. The van der Waals surface area contributed by atoms with E-state index in [4.69, 9.17) is 4.74 Å². The van der Waals surface area contributed by atoms with Crippen LogP contribution in [-0.2, 0) is 4.74 Å². The van der Waals surface area contributed by atoms with Crippen molar-refractivity contribution in [2.45, 2.75) is 70.8 Å². The van der Waals surface area contributed by atoms with Crippen molar-refractivity contribution in [3.63, 3.8) is 0 Å². The van der Waals surface area contributed by atoms with Crippen molar-refractivity contribution in [3.05, 3.63) is 35.9 Å². The predicted octanol–water partition coefficient (Wildman–Crippen LogP) is 5.23. The van der Waals surface area contributed by atoms with E-state index in [1.165, 1.54) is 0 Å². The van der Waals surface area contributed by atoms with Gasteiger partial charge in [-0.2, -0.15) is 8.78 Å². The van der Waals surface area contributed by atoms with E-state index in [1.54, 1.807) is 18.2 Å². The van der Waals surface area contributed by atoms with Gasteiger partial charge in [-0.1, -0.05) is 24.3 Å². The Morgan fingerprint density at radius 1 is 1.23 bits per heavy atom. The van der Waals surface area contributed by atoms with Crippen LogP contribution in [0.3, 0.4) is 0 Å². The van der Waals surface area contributed by atoms with Crippen molar-refractivity contribution in [2.24, 2.45) is 0 Å². The van der Waals surface area contributed by atoms with Crippen molar-refractivity contribution in [2.75, 3.05) is 0 Å². The van der Waals surface area contributed by atoms with Crippen molar-refractivity contribution in [3.8, 4) is 5.75 Å². The highest BCUT2D eigenvalue weighted by atomic mass is 19.3. The molecule has 142 valence electrons. The summed E-state index contributed by atoms with van der Waals surface area (Å²) in [6, 6.07) is 6.78. The molecule has 0 aromatic heterocycles. The van der Waals surface area contributed by atoms with Gasteiger partial charge in [0.1, 0.15) is 11.4 Å². The average molecular weight is 365 g/mol. The van der Waals surface area contributed by atoms with Gasteiger partial charge in [0.25, 0.3) is 0 Å². The molecule has 0 N–H and O–H groups in total. The topological polar surface area (TPSA) is 38.8 Å². The third-order valence-electron chi connectivity index (χ3n) is 4.69. The van der Waals surface area contributed by atoms with Gasteiger partial charge in [0.15, 0.2) is 0 Å². The van der Waals surface area contributed by atoms with Crippen LogP contribution in [0, 0.1) is 0 Å². The molecule has 2 heterocycles. The van der Waals surface area contributed by atoms with E-state index in [0.717, 1.165) is 24.8 Å². The number of para-hydroxylation sites is 1. The summed E-state index contributed by atoms with van der Waals surface area (Å²) in [7, 11) is 0. The largest absolute Gasteiger partial charge is 0.444 e. The molecule has 0 saturated carbocycles. The second kappa shape index (κ2) is 7.25. The first-order valence-electron chi connectivity index (χ1n) is 9.01. The molecule has 1 amide bonds. The SMILES string of the molecule is CC(C)(C)OC(=O)N1C2C=C(c3ccccc3OC(F)F)CC1CCC2. The molecule has 2 bridgehead atoms. The number of hydrogen-bond donors (Lipinski definition) is 0. The molecular formula is C20H25F2NO3. The van der Waals surface area contributed by atoms with E-state index < -0.39 is 12.2 Å². The van der Waals surface area contributed by atoms with E-state index in [-0.39, 0.29) is 23.9 Å². The molecule has 26 heavy (non-hydrogen) atoms. The van der Waals surface area contributed by atoms with Crippen LogP contribution >= 0.6 is 0 Å². The van der Waals surface area contributed by atoms with Gasteiger partial charge in [-0.25, -0.2) is 4.79 Å². The highest BCUT2D eigenvalue weighted by Crippen LogP contribution is 2.40. The summed E-state index contributed by atoms with van der Waals surface area (Å²) in [6.45, 7) is 2.69. The first-order chi connectivity index (χ1) is 12.2. The highest BCUT2D eigenvalue weighted by molar-refractivity contribution is 5.76. The third kappa shape index (κ3) is 4.17. The van der Waals surface area contributed by atoms with Crippen LogP contribution in [0.4, 0.5) is 13.6 Å². The van der Waals surface area contributed by atoms with E-state index in [1.807, 2.05) is 37.8 Å². The van der Waals surface area contributed by atoms with Crippen LogP contribution in [0.5, 0.6) is 5.75 Å². The van der Waals surface area contributed by atoms with Crippen LogP contribution in [-0.4, -0.2) is 35.3 Å². The zero-order chi connectivity index (χ0) is 18.9. The number of benzene rings is 1. The van der Waals surface area contributed by atoms with Crippen molar-refractivity contribution < 1.29 is 23.0 Å². The summed E-state index contributed by atoms with van der Waals surface area (Å²) in [5.41, 5.74) is 1.08. The lowest BCUT2D eigenvalue weighted by molar-refractivity contribution is -0.0500. The molecule has 0 radical (unpaired) electrons. The number of fused-ring (bicyclic) bond motifs is 2. The number of carbonyl (C=O) groups is 1. The molecule has 0 aliphatic carbocycles. The van der Waals surface area contributed by atoms with Gasteiger partial charge in [-0.3, -0.25) is 4.90 Å². The van der Waals surface area contributed by atoms with Gasteiger partial charge in [-0.15, -0.1) is 0 Å². The minimum Gasteiger partial charge on any atom is -0.444 e. The van der Waals surface area contributed by atoms with Crippen molar-refractivity contribution in [1.29, 1.82) is 0 Å². The lowest BCUT2D eigenvalue weighted by Crippen LogP contribution is -2.53. The summed E-state index contributed by atoms with van der Waals surface area (Å²) in [6.07, 6.45) is 5.07. The number of ether oxygens (including phenoxy) is 2. The molecule has 4 nitrogen and oxygen atoms in total. The van der Waals surface area contributed by atoms with Crippen molar-refractivity contribution in [1.82, 2.24) is 4.90 Å². The Bertz CT molecular complexity index is 697. The summed E-state index contributed by atoms with van der Waals surface area (Å²) in [5, 5.41) is 0. The predicted molar refractivity (Wildman–Crippen MR) is 95.2 cm³/mol. The van der Waals surface area contributed by atoms with Gasteiger partial charge in [0.2, 0.25) is 0 Å². The lowest BCUT2D eigenvalue weighted by Gasteiger charge is -2.45. The van der Waals surface area contributed by atoms with Crippen LogP contribution in [0.1, 0.15) is 52.0 Å². The zero-order valence-corrected chi connectivity index (χ0v) is 15.4. The number of hydrogen-bond acceptors (Lipinski definition) is 3. The van der Waals surface area contributed by atoms with Gasteiger partial charge < -0.3 is 9.47 Å². The minimum absolute atomic E-state index is 0.0169. The average Bonchev–Trinajstić information content (AvgIpc) is 2.52. The standard InChI is InChI=1S/C20H25F2NO3/c1-20(2,3)26-19(24)23-14-7-6-8-15(23)12-13(11-14)16-9-4-5-10-17(16)25-18(21)22/h4-5,9-11,14-15,18H,6-8,12H2,1-3H3. The van der Waals surface area contributed by atoms with Gasteiger partial charge in [0.05, 0.1) is 6.04 Å². The Kier molecular flexibility index (Phi) is 5.21. The van der Waals surface area contributed by atoms with Gasteiger partial charge in [0, 0.05) is 11.6 Å². The Hall–Kier alpha value is -2.11. The maximum Gasteiger partial charge on any atom is 0.411 e. The second-order valence-corrected chi connectivity index (χ2v) is 7.81.